The number of benzene rings is 1. The zero-order valence-corrected chi connectivity index (χ0v) is 21.9. The molecule has 0 spiro atoms. The molecule has 3 N–H and O–H groups in total. The highest BCUT2D eigenvalue weighted by Gasteiger charge is 2.26. The number of aryl methyl sites for hydroxylation is 1. The van der Waals surface area contributed by atoms with E-state index in [0.29, 0.717) is 31.9 Å². The number of pyridine rings is 2. The van der Waals surface area contributed by atoms with E-state index in [0.717, 1.165) is 70.6 Å². The van der Waals surface area contributed by atoms with Crippen molar-refractivity contribution in [2.45, 2.75) is 46.2 Å². The summed E-state index contributed by atoms with van der Waals surface area (Å²) in [6.07, 6.45) is 6.11. The van der Waals surface area contributed by atoms with E-state index in [2.05, 4.69) is 33.9 Å². The van der Waals surface area contributed by atoms with Crippen LogP contribution in [0.1, 0.15) is 48.7 Å². The maximum Gasteiger partial charge on any atom is 0.269 e. The smallest absolute Gasteiger partial charge is 0.269 e. The van der Waals surface area contributed by atoms with Gasteiger partial charge in [0.15, 0.2) is 0 Å². The third-order valence-corrected chi connectivity index (χ3v) is 7.08. The Morgan fingerprint density at radius 3 is 2.68 bits per heavy atom. The van der Waals surface area contributed by atoms with Crippen LogP contribution in [-0.4, -0.2) is 55.9 Å². The monoisotopic (exact) mass is 511 g/mol. The molecule has 38 heavy (non-hydrogen) atoms. The van der Waals surface area contributed by atoms with Gasteiger partial charge in [0.05, 0.1) is 23.6 Å². The number of hydrogen-bond acceptors (Lipinski definition) is 6. The lowest BCUT2D eigenvalue weighted by Crippen LogP contribution is -2.37. The Labute approximate surface area is 222 Å². The van der Waals surface area contributed by atoms with E-state index < -0.39 is 0 Å². The van der Waals surface area contributed by atoms with Crippen molar-refractivity contribution in [3.8, 4) is 22.5 Å². The summed E-state index contributed by atoms with van der Waals surface area (Å²) in [5, 5.41) is 4.91. The number of amides is 2. The van der Waals surface area contributed by atoms with Crippen LogP contribution in [0.5, 0.6) is 0 Å². The summed E-state index contributed by atoms with van der Waals surface area (Å²) in [6.45, 7) is 6.94. The molecule has 0 radical (unpaired) electrons. The van der Waals surface area contributed by atoms with Gasteiger partial charge in [-0.05, 0) is 43.0 Å². The van der Waals surface area contributed by atoms with Gasteiger partial charge in [0, 0.05) is 61.9 Å². The molecule has 2 amide bonds. The normalized spacial score (nSPS) is 13.0. The minimum atomic E-state index is -0.192. The molecule has 0 atom stereocenters. The first-order chi connectivity index (χ1) is 18.5. The second kappa shape index (κ2) is 11.1. The number of aromatic nitrogens is 4. The molecule has 1 aromatic carbocycles. The fourth-order valence-electron chi connectivity index (χ4n) is 4.97. The highest BCUT2D eigenvalue weighted by molar-refractivity contribution is 5.97. The van der Waals surface area contributed by atoms with Gasteiger partial charge in [0.25, 0.3) is 5.91 Å². The molecule has 3 aromatic heterocycles. The average molecular weight is 512 g/mol. The molecule has 0 bridgehead atoms. The van der Waals surface area contributed by atoms with Gasteiger partial charge in [0.2, 0.25) is 5.91 Å². The maximum atomic E-state index is 12.3. The zero-order chi connectivity index (χ0) is 26.6. The highest BCUT2D eigenvalue weighted by Crippen LogP contribution is 2.34. The summed E-state index contributed by atoms with van der Waals surface area (Å²) >= 11 is 0. The van der Waals surface area contributed by atoms with Crippen molar-refractivity contribution in [2.24, 2.45) is 5.73 Å². The molecule has 0 saturated heterocycles. The lowest BCUT2D eigenvalue weighted by Gasteiger charge is -2.28. The molecule has 0 aliphatic carbocycles. The molecule has 0 fully saturated rings. The van der Waals surface area contributed by atoms with E-state index in [1.807, 2.05) is 29.3 Å². The average Bonchev–Trinajstić information content (AvgIpc) is 3.32. The summed E-state index contributed by atoms with van der Waals surface area (Å²) in [5.74, 6) is 0.923. The van der Waals surface area contributed by atoms with Crippen molar-refractivity contribution in [3.05, 3.63) is 66.0 Å². The van der Waals surface area contributed by atoms with Crippen molar-refractivity contribution < 1.29 is 9.59 Å². The van der Waals surface area contributed by atoms with Gasteiger partial charge in [0.1, 0.15) is 11.5 Å². The summed E-state index contributed by atoms with van der Waals surface area (Å²) < 4.78 is 2.26. The second-order valence-corrected chi connectivity index (χ2v) is 9.55. The molecule has 1 aliphatic heterocycles. The third kappa shape index (κ3) is 5.02. The molecule has 1 aliphatic rings. The Kier molecular flexibility index (Phi) is 7.46. The number of carbonyl (C=O) groups is 2. The van der Waals surface area contributed by atoms with Crippen LogP contribution in [0.3, 0.4) is 0 Å². The number of hydrogen-bond donors (Lipinski definition) is 2. The molecule has 4 heterocycles. The maximum absolute atomic E-state index is 12.3. The highest BCUT2D eigenvalue weighted by atomic mass is 16.2. The summed E-state index contributed by atoms with van der Waals surface area (Å²) in [7, 11) is 0. The lowest BCUT2D eigenvalue weighted by molar-refractivity contribution is -0.130. The Morgan fingerprint density at radius 1 is 1.08 bits per heavy atom. The molecule has 5 rings (SSSR count). The van der Waals surface area contributed by atoms with Crippen LogP contribution in [0.15, 0.2) is 48.8 Å². The molecule has 4 aromatic rings. The fourth-order valence-corrected chi connectivity index (χ4v) is 4.97. The molecular formula is C29H33N7O2. The third-order valence-electron chi connectivity index (χ3n) is 7.08. The van der Waals surface area contributed by atoms with E-state index in [1.54, 1.807) is 19.2 Å². The second-order valence-electron chi connectivity index (χ2n) is 9.55. The number of carbonyl (C=O) groups excluding carboxylic acids is 2. The van der Waals surface area contributed by atoms with Crippen molar-refractivity contribution in [2.75, 3.05) is 19.6 Å². The van der Waals surface area contributed by atoms with Crippen LogP contribution in [0.25, 0.3) is 33.3 Å². The predicted molar refractivity (Wildman–Crippen MR) is 147 cm³/mol. The number of fused-ring (bicyclic) bond motifs is 2. The molecule has 196 valence electrons. The van der Waals surface area contributed by atoms with Gasteiger partial charge >= 0.3 is 0 Å². The topological polar surface area (TPSA) is 119 Å². The Balaban J connectivity index is 1.44. The molecule has 0 saturated carbocycles. The first-order valence-corrected chi connectivity index (χ1v) is 13.2. The molecular weight excluding hydrogens is 478 g/mol. The van der Waals surface area contributed by atoms with Crippen LogP contribution in [0, 0.1) is 0 Å². The zero-order valence-electron chi connectivity index (χ0n) is 21.9. The van der Waals surface area contributed by atoms with Crippen molar-refractivity contribution in [1.29, 1.82) is 0 Å². The number of unbranched alkanes of at least 4 members (excludes halogenated alkanes) is 1. The van der Waals surface area contributed by atoms with Gasteiger partial charge in [-0.3, -0.25) is 19.6 Å². The van der Waals surface area contributed by atoms with E-state index in [4.69, 9.17) is 15.7 Å². The summed E-state index contributed by atoms with van der Waals surface area (Å²) in [5.41, 5.74) is 10.5. The first-order valence-electron chi connectivity index (χ1n) is 13.2. The van der Waals surface area contributed by atoms with E-state index in [-0.39, 0.29) is 11.8 Å². The number of nitrogens with zero attached hydrogens (tertiary/aromatic N) is 5. The van der Waals surface area contributed by atoms with E-state index in [1.165, 1.54) is 0 Å². The minimum absolute atomic E-state index is 0.0781. The number of rotatable bonds is 8. The van der Waals surface area contributed by atoms with Crippen LogP contribution in [0.4, 0.5) is 0 Å². The number of imidazole rings is 1. The van der Waals surface area contributed by atoms with Gasteiger partial charge < -0.3 is 20.5 Å². The van der Waals surface area contributed by atoms with E-state index in [9.17, 15) is 9.59 Å². The minimum Gasteiger partial charge on any atom is -0.351 e. The first kappa shape index (κ1) is 25.5. The molecule has 9 nitrogen and oxygen atoms in total. The SMILES string of the molecule is CCc1nc(-c2cccc3cc(-c4ccc(C(=O)NCCCCN)nc4)ncc23)c2n1CCN(C(C)=O)C2. The quantitative estimate of drug-likeness (QED) is 0.349. The van der Waals surface area contributed by atoms with Crippen LogP contribution in [0.2, 0.25) is 0 Å². The van der Waals surface area contributed by atoms with Crippen LogP contribution >= 0.6 is 0 Å². The van der Waals surface area contributed by atoms with Crippen LogP contribution < -0.4 is 11.1 Å². The van der Waals surface area contributed by atoms with Gasteiger partial charge in [-0.2, -0.15) is 0 Å². The van der Waals surface area contributed by atoms with Crippen molar-refractivity contribution >= 4 is 22.6 Å². The molecule has 9 heteroatoms. The Hall–Kier alpha value is -4.11. The van der Waals surface area contributed by atoms with Gasteiger partial charge in [-0.25, -0.2) is 4.98 Å². The van der Waals surface area contributed by atoms with Crippen LogP contribution in [-0.2, 0) is 24.3 Å². The summed E-state index contributed by atoms with van der Waals surface area (Å²) in [6, 6.07) is 11.8. The Bertz CT molecular complexity index is 1480. The van der Waals surface area contributed by atoms with Gasteiger partial charge in [-0.1, -0.05) is 25.1 Å². The van der Waals surface area contributed by atoms with E-state index >= 15 is 0 Å². The lowest BCUT2D eigenvalue weighted by atomic mass is 10.0. The van der Waals surface area contributed by atoms with Gasteiger partial charge in [-0.15, -0.1) is 0 Å². The fraction of sp³-hybridized carbons (Fsp3) is 0.345. The predicted octanol–water partition coefficient (Wildman–Crippen LogP) is 3.55. The standard InChI is InChI=1S/C29H33N7O2/c1-3-27-34-28(26-18-35(19(2)37)13-14-36(26)27)22-8-6-7-20-15-25(33-17-23(20)22)21-9-10-24(32-16-21)29(38)31-12-5-4-11-30/h6-10,15-17H,3-5,11-14,18,30H2,1-2H3,(H,31,38). The number of nitrogens with one attached hydrogen (secondary N) is 1. The van der Waals surface area contributed by atoms with Crippen molar-refractivity contribution in [3.63, 3.8) is 0 Å². The largest absolute Gasteiger partial charge is 0.351 e. The molecule has 0 unspecified atom stereocenters. The van der Waals surface area contributed by atoms with Crippen molar-refractivity contribution in [1.82, 2.24) is 29.7 Å². The Morgan fingerprint density at radius 2 is 1.95 bits per heavy atom. The summed E-state index contributed by atoms with van der Waals surface area (Å²) in [4.78, 5) is 40.4. The number of nitrogens with two attached hydrogens (primary N) is 1.